The fourth-order valence-corrected chi connectivity index (χ4v) is 3.05. The van der Waals surface area contributed by atoms with E-state index in [1.165, 1.54) is 0 Å². The van der Waals surface area contributed by atoms with Gasteiger partial charge >= 0.3 is 0 Å². The lowest BCUT2D eigenvalue weighted by Crippen LogP contribution is -2.43. The Kier molecular flexibility index (Phi) is 5.80. The van der Waals surface area contributed by atoms with Crippen molar-refractivity contribution in [2.24, 2.45) is 0 Å². The minimum atomic E-state index is -0.122. The molecule has 1 aromatic carbocycles. The van der Waals surface area contributed by atoms with Crippen LogP contribution in [0.3, 0.4) is 0 Å². The summed E-state index contributed by atoms with van der Waals surface area (Å²) in [6.07, 6.45) is 3.22. The quantitative estimate of drug-likeness (QED) is 0.904. The van der Waals surface area contributed by atoms with Gasteiger partial charge in [0, 0.05) is 37.1 Å². The lowest BCUT2D eigenvalue weighted by atomic mass is 10.0. The number of hydrogen-bond acceptors (Lipinski definition) is 4. The molecule has 0 bridgehead atoms. The summed E-state index contributed by atoms with van der Waals surface area (Å²) in [5.74, 6) is -0.122. The first-order valence-electron chi connectivity index (χ1n) is 7.99. The Labute approximate surface area is 146 Å². The largest absolute Gasteiger partial charge is 0.379 e. The molecule has 1 aliphatic heterocycles. The first kappa shape index (κ1) is 16.9. The number of amides is 1. The van der Waals surface area contributed by atoms with Gasteiger partial charge in [-0.25, -0.2) is 0 Å². The Bertz CT molecular complexity index is 675. The molecule has 1 unspecified atom stereocenters. The van der Waals surface area contributed by atoms with Crippen molar-refractivity contribution in [3.8, 4) is 0 Å². The van der Waals surface area contributed by atoms with Crippen molar-refractivity contribution in [2.75, 3.05) is 32.8 Å². The zero-order chi connectivity index (χ0) is 16.8. The predicted molar refractivity (Wildman–Crippen MR) is 93.2 cm³/mol. The van der Waals surface area contributed by atoms with Gasteiger partial charge in [-0.15, -0.1) is 0 Å². The molecule has 24 heavy (non-hydrogen) atoms. The van der Waals surface area contributed by atoms with E-state index in [9.17, 15) is 4.79 Å². The molecule has 0 aliphatic carbocycles. The van der Waals surface area contributed by atoms with Crippen molar-refractivity contribution in [1.29, 1.82) is 0 Å². The second-order valence-corrected chi connectivity index (χ2v) is 6.11. The molecule has 6 heteroatoms. The highest BCUT2D eigenvalue weighted by atomic mass is 35.5. The number of halogens is 1. The molecule has 1 fully saturated rings. The SMILES string of the molecule is O=C(NCC(c1cccc(Cl)c1)N1CCOCC1)c1cccnc1. The van der Waals surface area contributed by atoms with Crippen LogP contribution in [0.1, 0.15) is 22.0 Å². The molecule has 126 valence electrons. The molecule has 1 aromatic heterocycles. The summed E-state index contributed by atoms with van der Waals surface area (Å²) in [5, 5.41) is 3.71. The second kappa shape index (κ2) is 8.24. The minimum Gasteiger partial charge on any atom is -0.379 e. The van der Waals surface area contributed by atoms with Crippen LogP contribution in [0.25, 0.3) is 0 Å². The number of morpholine rings is 1. The third kappa shape index (κ3) is 4.32. The third-order valence-electron chi connectivity index (χ3n) is 4.10. The smallest absolute Gasteiger partial charge is 0.252 e. The average Bonchev–Trinajstić information content (AvgIpc) is 2.63. The molecule has 1 saturated heterocycles. The molecule has 2 aromatic rings. The van der Waals surface area contributed by atoms with E-state index in [1.807, 2.05) is 24.3 Å². The van der Waals surface area contributed by atoms with Crippen molar-refractivity contribution in [2.45, 2.75) is 6.04 Å². The monoisotopic (exact) mass is 345 g/mol. The molecule has 0 radical (unpaired) electrons. The molecule has 1 N–H and O–H groups in total. The van der Waals surface area contributed by atoms with Crippen LogP contribution in [0, 0.1) is 0 Å². The number of pyridine rings is 1. The van der Waals surface area contributed by atoms with Crippen molar-refractivity contribution in [3.63, 3.8) is 0 Å². The van der Waals surface area contributed by atoms with Crippen LogP contribution in [0.4, 0.5) is 0 Å². The lowest BCUT2D eigenvalue weighted by Gasteiger charge is -2.35. The Hall–Kier alpha value is -1.95. The van der Waals surface area contributed by atoms with Gasteiger partial charge in [0.25, 0.3) is 5.91 Å². The van der Waals surface area contributed by atoms with E-state index in [1.54, 1.807) is 24.5 Å². The number of ether oxygens (including phenoxy) is 1. The molecule has 1 amide bonds. The molecule has 1 aliphatic rings. The second-order valence-electron chi connectivity index (χ2n) is 5.67. The number of aromatic nitrogens is 1. The number of carbonyl (C=O) groups excluding carboxylic acids is 1. The molecule has 5 nitrogen and oxygen atoms in total. The summed E-state index contributed by atoms with van der Waals surface area (Å²) in [6, 6.07) is 11.4. The summed E-state index contributed by atoms with van der Waals surface area (Å²) in [7, 11) is 0. The van der Waals surface area contributed by atoms with Gasteiger partial charge in [-0.2, -0.15) is 0 Å². The van der Waals surface area contributed by atoms with E-state index in [0.29, 0.717) is 30.3 Å². The maximum atomic E-state index is 12.3. The summed E-state index contributed by atoms with van der Waals surface area (Å²) in [5.41, 5.74) is 1.65. The molecule has 2 heterocycles. The van der Waals surface area contributed by atoms with Crippen LogP contribution >= 0.6 is 11.6 Å². The maximum absolute atomic E-state index is 12.3. The number of nitrogens with zero attached hydrogens (tertiary/aromatic N) is 2. The lowest BCUT2D eigenvalue weighted by molar-refractivity contribution is 0.0162. The van der Waals surface area contributed by atoms with Crippen LogP contribution in [-0.4, -0.2) is 48.6 Å². The van der Waals surface area contributed by atoms with Crippen molar-refractivity contribution >= 4 is 17.5 Å². The van der Waals surface area contributed by atoms with Gasteiger partial charge in [-0.05, 0) is 29.8 Å². The minimum absolute atomic E-state index is 0.0632. The average molecular weight is 346 g/mol. The van der Waals surface area contributed by atoms with Gasteiger partial charge in [0.15, 0.2) is 0 Å². The van der Waals surface area contributed by atoms with Gasteiger partial charge in [0.1, 0.15) is 0 Å². The van der Waals surface area contributed by atoms with E-state index in [4.69, 9.17) is 16.3 Å². The predicted octanol–water partition coefficient (Wildman–Crippen LogP) is 2.54. The normalized spacial score (nSPS) is 16.5. The zero-order valence-electron chi connectivity index (χ0n) is 13.3. The third-order valence-corrected chi connectivity index (χ3v) is 4.33. The molecular formula is C18H20ClN3O2. The maximum Gasteiger partial charge on any atom is 0.252 e. The summed E-state index contributed by atoms with van der Waals surface area (Å²) < 4.78 is 5.44. The van der Waals surface area contributed by atoms with Gasteiger partial charge in [-0.3, -0.25) is 14.7 Å². The van der Waals surface area contributed by atoms with Crippen LogP contribution in [0.2, 0.25) is 5.02 Å². The number of nitrogens with one attached hydrogen (secondary N) is 1. The zero-order valence-corrected chi connectivity index (χ0v) is 14.1. The van der Waals surface area contributed by atoms with E-state index in [0.717, 1.165) is 18.7 Å². The highest BCUT2D eigenvalue weighted by Gasteiger charge is 2.23. The van der Waals surface area contributed by atoms with Crippen LogP contribution in [0.5, 0.6) is 0 Å². The standard InChI is InChI=1S/C18H20ClN3O2/c19-16-5-1-3-14(11-16)17(22-7-9-24-10-8-22)13-21-18(23)15-4-2-6-20-12-15/h1-6,11-12,17H,7-10,13H2,(H,21,23). The van der Waals surface area contributed by atoms with Crippen molar-refractivity contribution in [3.05, 3.63) is 64.9 Å². The highest BCUT2D eigenvalue weighted by Crippen LogP contribution is 2.24. The Balaban J connectivity index is 1.73. The first-order valence-corrected chi connectivity index (χ1v) is 8.37. The van der Waals surface area contributed by atoms with Gasteiger partial charge < -0.3 is 10.1 Å². The Morgan fingerprint density at radius 2 is 2.12 bits per heavy atom. The number of rotatable bonds is 5. The van der Waals surface area contributed by atoms with E-state index in [2.05, 4.69) is 15.2 Å². The fourth-order valence-electron chi connectivity index (χ4n) is 2.85. The van der Waals surface area contributed by atoms with Crippen LogP contribution < -0.4 is 5.32 Å². The van der Waals surface area contributed by atoms with E-state index in [-0.39, 0.29) is 11.9 Å². The number of benzene rings is 1. The number of carbonyl (C=O) groups is 1. The molecular weight excluding hydrogens is 326 g/mol. The van der Waals surface area contributed by atoms with Crippen LogP contribution in [0.15, 0.2) is 48.8 Å². The van der Waals surface area contributed by atoms with Gasteiger partial charge in [0.2, 0.25) is 0 Å². The molecule has 1 atom stereocenters. The molecule has 0 spiro atoms. The molecule has 3 rings (SSSR count). The first-order chi connectivity index (χ1) is 11.7. The fraction of sp³-hybridized carbons (Fsp3) is 0.333. The topological polar surface area (TPSA) is 54.5 Å². The van der Waals surface area contributed by atoms with Crippen LogP contribution in [-0.2, 0) is 4.74 Å². The Morgan fingerprint density at radius 3 is 2.83 bits per heavy atom. The molecule has 0 saturated carbocycles. The summed E-state index contributed by atoms with van der Waals surface area (Å²) in [6.45, 7) is 3.58. The highest BCUT2D eigenvalue weighted by molar-refractivity contribution is 6.30. The van der Waals surface area contributed by atoms with E-state index < -0.39 is 0 Å². The summed E-state index contributed by atoms with van der Waals surface area (Å²) >= 11 is 6.15. The van der Waals surface area contributed by atoms with Crippen molar-refractivity contribution < 1.29 is 9.53 Å². The Morgan fingerprint density at radius 1 is 1.29 bits per heavy atom. The van der Waals surface area contributed by atoms with E-state index >= 15 is 0 Å². The van der Waals surface area contributed by atoms with Gasteiger partial charge in [-0.1, -0.05) is 23.7 Å². The van der Waals surface area contributed by atoms with Gasteiger partial charge in [0.05, 0.1) is 24.8 Å². The number of hydrogen-bond donors (Lipinski definition) is 1. The van der Waals surface area contributed by atoms with Crippen molar-refractivity contribution in [1.82, 2.24) is 15.2 Å². The summed E-state index contributed by atoms with van der Waals surface area (Å²) in [4.78, 5) is 18.6.